The van der Waals surface area contributed by atoms with Crippen molar-refractivity contribution in [1.82, 2.24) is 15.1 Å². The van der Waals surface area contributed by atoms with E-state index >= 15 is 0 Å². The average Bonchev–Trinajstić information content (AvgIpc) is 3.22. The van der Waals surface area contributed by atoms with Crippen molar-refractivity contribution >= 4 is 5.91 Å². The fourth-order valence-electron chi connectivity index (χ4n) is 5.15. The van der Waals surface area contributed by atoms with E-state index in [0.29, 0.717) is 51.2 Å². The zero-order valence-electron chi connectivity index (χ0n) is 19.4. The second-order valence-corrected chi connectivity index (χ2v) is 9.32. The van der Waals surface area contributed by atoms with E-state index in [9.17, 15) is 31.1 Å². The van der Waals surface area contributed by atoms with Crippen LogP contribution in [0, 0.1) is 0 Å². The minimum absolute atomic E-state index is 0.105. The molecular formula is C25H27F6N3O. The summed E-state index contributed by atoms with van der Waals surface area (Å²) >= 11 is 0. The number of halogens is 6. The summed E-state index contributed by atoms with van der Waals surface area (Å²) in [6.45, 7) is 4.06. The summed E-state index contributed by atoms with van der Waals surface area (Å²) in [6.07, 6.45) is -9.02. The lowest BCUT2D eigenvalue weighted by Gasteiger charge is -2.45. The highest BCUT2D eigenvalue weighted by Gasteiger charge is 2.50. The summed E-state index contributed by atoms with van der Waals surface area (Å²) in [6, 6.07) is 8.20. The van der Waals surface area contributed by atoms with E-state index in [0.717, 1.165) is 11.1 Å². The third-order valence-electron chi connectivity index (χ3n) is 7.20. The molecule has 0 spiro atoms. The van der Waals surface area contributed by atoms with Crippen molar-refractivity contribution in [2.24, 2.45) is 0 Å². The number of rotatable bonds is 4. The topological polar surface area (TPSA) is 35.6 Å². The van der Waals surface area contributed by atoms with Crippen LogP contribution in [0.3, 0.4) is 0 Å². The first-order chi connectivity index (χ1) is 16.3. The van der Waals surface area contributed by atoms with Gasteiger partial charge in [-0.3, -0.25) is 9.69 Å². The molecule has 1 saturated heterocycles. The van der Waals surface area contributed by atoms with Gasteiger partial charge in [-0.1, -0.05) is 24.3 Å². The van der Waals surface area contributed by atoms with Crippen molar-refractivity contribution in [3.63, 3.8) is 0 Å². The predicted octanol–water partition coefficient (Wildman–Crippen LogP) is 4.69. The number of fused-ring (bicyclic) bond motifs is 1. The molecule has 2 aliphatic rings. The van der Waals surface area contributed by atoms with Crippen molar-refractivity contribution in [3.8, 4) is 0 Å². The van der Waals surface area contributed by atoms with Gasteiger partial charge in [-0.15, -0.1) is 0 Å². The molecule has 4 nitrogen and oxygen atoms in total. The van der Waals surface area contributed by atoms with Gasteiger partial charge in [0.2, 0.25) is 5.91 Å². The van der Waals surface area contributed by atoms with Crippen LogP contribution >= 0.6 is 0 Å². The maximum absolute atomic E-state index is 14.0. The minimum atomic E-state index is -4.95. The summed E-state index contributed by atoms with van der Waals surface area (Å²) in [5.41, 5.74) is -1.88. The van der Waals surface area contributed by atoms with Crippen molar-refractivity contribution in [1.29, 1.82) is 0 Å². The van der Waals surface area contributed by atoms with Gasteiger partial charge in [-0.2, -0.15) is 26.3 Å². The molecule has 0 saturated carbocycles. The van der Waals surface area contributed by atoms with Gasteiger partial charge in [0.15, 0.2) is 0 Å². The monoisotopic (exact) mass is 499 g/mol. The zero-order chi connectivity index (χ0) is 25.6. The Morgan fingerprint density at radius 2 is 1.43 bits per heavy atom. The van der Waals surface area contributed by atoms with Crippen LogP contribution in [0.25, 0.3) is 0 Å². The van der Waals surface area contributed by atoms with Crippen LogP contribution < -0.4 is 5.32 Å². The molecule has 0 aromatic heterocycles. The lowest BCUT2D eigenvalue weighted by Crippen LogP contribution is -2.64. The van der Waals surface area contributed by atoms with Crippen LogP contribution in [0.5, 0.6) is 0 Å². The summed E-state index contributed by atoms with van der Waals surface area (Å²) in [5, 5.41) is 3.25. The molecule has 10 heteroatoms. The van der Waals surface area contributed by atoms with E-state index in [2.05, 4.69) is 10.2 Å². The average molecular weight is 499 g/mol. The number of carbonyl (C=O) groups is 1. The van der Waals surface area contributed by atoms with E-state index in [1.165, 1.54) is 18.9 Å². The van der Waals surface area contributed by atoms with E-state index in [1.54, 1.807) is 0 Å². The molecule has 190 valence electrons. The number of likely N-dealkylation sites (N-methyl/N-ethyl adjacent to an activating group) is 1. The lowest BCUT2D eigenvalue weighted by atomic mass is 9.89. The maximum Gasteiger partial charge on any atom is 0.416 e. The molecule has 1 N–H and O–H groups in total. The number of carbonyl (C=O) groups excluding carboxylic acids is 1. The van der Waals surface area contributed by atoms with Gasteiger partial charge >= 0.3 is 12.4 Å². The predicted molar refractivity (Wildman–Crippen MR) is 119 cm³/mol. The summed E-state index contributed by atoms with van der Waals surface area (Å²) in [5.74, 6) is -0.311. The van der Waals surface area contributed by atoms with Crippen LogP contribution in [-0.2, 0) is 30.0 Å². The quantitative estimate of drug-likeness (QED) is 0.621. The molecule has 0 unspecified atom stereocenters. The molecule has 1 fully saturated rings. The van der Waals surface area contributed by atoms with Crippen molar-refractivity contribution in [2.75, 3.05) is 33.2 Å². The van der Waals surface area contributed by atoms with Gasteiger partial charge in [-0.25, -0.2) is 0 Å². The van der Waals surface area contributed by atoms with Crippen LogP contribution in [0.2, 0.25) is 0 Å². The van der Waals surface area contributed by atoms with E-state index in [-0.39, 0.29) is 17.5 Å². The number of piperazine rings is 1. The molecule has 2 aromatic rings. The molecule has 1 heterocycles. The highest BCUT2D eigenvalue weighted by atomic mass is 19.4. The van der Waals surface area contributed by atoms with Crippen LogP contribution in [0.4, 0.5) is 26.3 Å². The molecule has 0 bridgehead atoms. The van der Waals surface area contributed by atoms with Gasteiger partial charge in [0.1, 0.15) is 5.54 Å². The maximum atomic E-state index is 14.0. The van der Waals surface area contributed by atoms with Gasteiger partial charge in [0.05, 0.1) is 17.2 Å². The first-order valence-corrected chi connectivity index (χ1v) is 11.4. The molecule has 35 heavy (non-hydrogen) atoms. The number of amides is 1. The highest BCUT2D eigenvalue weighted by molar-refractivity contribution is 5.88. The number of benzene rings is 2. The van der Waals surface area contributed by atoms with Crippen molar-refractivity contribution in [3.05, 3.63) is 70.3 Å². The third-order valence-corrected chi connectivity index (χ3v) is 7.20. The van der Waals surface area contributed by atoms with Crippen LogP contribution in [-0.4, -0.2) is 54.5 Å². The molecule has 1 amide bonds. The Kier molecular flexibility index (Phi) is 6.65. The fraction of sp³-hybridized carbons (Fsp3) is 0.480. The normalized spacial score (nSPS) is 19.3. The Morgan fingerprint density at radius 3 is 1.89 bits per heavy atom. The molecular weight excluding hydrogens is 472 g/mol. The first-order valence-electron chi connectivity index (χ1n) is 11.4. The van der Waals surface area contributed by atoms with Crippen LogP contribution in [0.15, 0.2) is 42.5 Å². The second kappa shape index (κ2) is 9.13. The SMILES string of the molecule is C[C@H](c1cc(C(F)(F)F)cc(C(F)(F)F)c1)N(C)C(=O)C1(N2CCNCC2)Cc2ccccc2C1. The summed E-state index contributed by atoms with van der Waals surface area (Å²) < 4.78 is 80.4. The van der Waals surface area contributed by atoms with Crippen molar-refractivity contribution < 1.29 is 31.1 Å². The van der Waals surface area contributed by atoms with E-state index in [4.69, 9.17) is 0 Å². The molecule has 1 atom stereocenters. The number of hydrogen-bond acceptors (Lipinski definition) is 3. The standard InChI is InChI=1S/C25H27F6N3O/c1-16(19-11-20(24(26,27)28)13-21(12-19)25(29,30)31)33(2)22(35)23(34-9-7-32-8-10-34)14-17-5-3-4-6-18(17)15-23/h3-6,11-13,16,32H,7-10,14-15H2,1-2H3/t16-/m1/s1. The highest BCUT2D eigenvalue weighted by Crippen LogP contribution is 2.40. The summed E-state index contributed by atoms with van der Waals surface area (Å²) in [4.78, 5) is 17.4. The van der Waals surface area contributed by atoms with Gasteiger partial charge in [0.25, 0.3) is 0 Å². The Morgan fingerprint density at radius 1 is 0.943 bits per heavy atom. The van der Waals surface area contributed by atoms with Crippen LogP contribution in [0.1, 0.15) is 40.8 Å². The number of hydrogen-bond donors (Lipinski definition) is 1. The Balaban J connectivity index is 1.71. The van der Waals surface area contributed by atoms with Gasteiger partial charge in [-0.05, 0) is 41.8 Å². The summed E-state index contributed by atoms with van der Waals surface area (Å²) in [7, 11) is 1.45. The molecule has 1 aliphatic carbocycles. The van der Waals surface area contributed by atoms with Gasteiger partial charge in [0, 0.05) is 46.1 Å². The number of nitrogens with zero attached hydrogens (tertiary/aromatic N) is 2. The second-order valence-electron chi connectivity index (χ2n) is 9.32. The smallest absolute Gasteiger partial charge is 0.337 e. The molecule has 2 aromatic carbocycles. The van der Waals surface area contributed by atoms with Gasteiger partial charge < -0.3 is 10.2 Å². The number of alkyl halides is 6. The van der Waals surface area contributed by atoms with Crippen molar-refractivity contribution in [2.45, 2.75) is 43.7 Å². The van der Waals surface area contributed by atoms with E-state index < -0.39 is 35.1 Å². The Labute approximate surface area is 199 Å². The Hall–Kier alpha value is -2.59. The van der Waals surface area contributed by atoms with E-state index in [1.807, 2.05) is 24.3 Å². The molecule has 0 radical (unpaired) electrons. The Bertz CT molecular complexity index is 1030. The lowest BCUT2D eigenvalue weighted by molar-refractivity contribution is -0.145. The minimum Gasteiger partial charge on any atom is -0.337 e. The zero-order valence-corrected chi connectivity index (χ0v) is 19.4. The molecule has 4 rings (SSSR count). The fourth-order valence-corrected chi connectivity index (χ4v) is 5.15. The number of nitrogens with one attached hydrogen (secondary N) is 1. The molecule has 1 aliphatic heterocycles. The first kappa shape index (κ1) is 25.5. The largest absolute Gasteiger partial charge is 0.416 e. The third kappa shape index (κ3) is 4.91.